The summed E-state index contributed by atoms with van der Waals surface area (Å²) in [7, 11) is 0. The van der Waals surface area contributed by atoms with E-state index in [1.807, 2.05) is 6.92 Å². The molecule has 0 aliphatic heterocycles. The first kappa shape index (κ1) is 18.4. The Bertz CT molecular complexity index is 239. The van der Waals surface area contributed by atoms with Gasteiger partial charge in [0.2, 0.25) is 0 Å². The molecule has 0 aromatic carbocycles. The molecule has 3 heteroatoms. The molecule has 0 spiro atoms. The fraction of sp³-hybridized carbons (Fsp3) is 0.938. The van der Waals surface area contributed by atoms with Crippen molar-refractivity contribution >= 4 is 0 Å². The number of hydrogen-bond donors (Lipinski definition) is 1. The zero-order chi connectivity index (χ0) is 14.6. The fourth-order valence-electron chi connectivity index (χ4n) is 2.07. The van der Waals surface area contributed by atoms with Gasteiger partial charge in [0.1, 0.15) is 5.54 Å². The molecule has 0 fully saturated rings. The number of unbranched alkanes of at least 4 members (excludes halogenated alkanes) is 2. The summed E-state index contributed by atoms with van der Waals surface area (Å²) in [5, 5.41) is 12.7. The molecule has 112 valence electrons. The lowest BCUT2D eigenvalue weighted by Crippen LogP contribution is -2.44. The fourth-order valence-corrected chi connectivity index (χ4v) is 2.07. The van der Waals surface area contributed by atoms with E-state index in [0.29, 0.717) is 0 Å². The minimum atomic E-state index is -0.368. The van der Waals surface area contributed by atoms with Gasteiger partial charge >= 0.3 is 0 Å². The molecule has 0 heterocycles. The molecule has 1 unspecified atom stereocenters. The van der Waals surface area contributed by atoms with Crippen LogP contribution in [0.5, 0.6) is 0 Å². The average Bonchev–Trinajstić information content (AvgIpc) is 2.44. The van der Waals surface area contributed by atoms with Crippen LogP contribution < -0.4 is 5.32 Å². The van der Waals surface area contributed by atoms with Crippen LogP contribution in [-0.4, -0.2) is 36.6 Å². The summed E-state index contributed by atoms with van der Waals surface area (Å²) >= 11 is 0. The lowest BCUT2D eigenvalue weighted by Gasteiger charge is -2.28. The lowest BCUT2D eigenvalue weighted by atomic mass is 9.99. The molecule has 0 saturated heterocycles. The largest absolute Gasteiger partial charge is 0.303 e. The van der Waals surface area contributed by atoms with E-state index >= 15 is 0 Å². The number of nitriles is 1. The summed E-state index contributed by atoms with van der Waals surface area (Å²) in [5.74, 6) is 0. The van der Waals surface area contributed by atoms with Crippen LogP contribution in [0.25, 0.3) is 0 Å². The van der Waals surface area contributed by atoms with E-state index in [2.05, 4.69) is 37.1 Å². The minimum absolute atomic E-state index is 0.368. The molecule has 1 atom stereocenters. The monoisotopic (exact) mass is 267 g/mol. The van der Waals surface area contributed by atoms with Gasteiger partial charge in [-0.3, -0.25) is 5.32 Å². The molecule has 1 N–H and O–H groups in total. The van der Waals surface area contributed by atoms with Crippen LogP contribution in [0.3, 0.4) is 0 Å². The SMILES string of the molecule is CCCCN(CCCC)CCC(C)(C#N)NCCC. The van der Waals surface area contributed by atoms with Gasteiger partial charge in [0.15, 0.2) is 0 Å². The standard InChI is InChI=1S/C16H33N3/c1-5-8-12-19(13-9-6-2)14-10-16(4,15-17)18-11-7-3/h18H,5-14H2,1-4H3. The van der Waals surface area contributed by atoms with E-state index in [-0.39, 0.29) is 5.54 Å². The van der Waals surface area contributed by atoms with Gasteiger partial charge in [0.05, 0.1) is 6.07 Å². The van der Waals surface area contributed by atoms with Crippen molar-refractivity contribution in [3.05, 3.63) is 0 Å². The molecule has 19 heavy (non-hydrogen) atoms. The topological polar surface area (TPSA) is 39.1 Å². The third kappa shape index (κ3) is 9.02. The van der Waals surface area contributed by atoms with Crippen molar-refractivity contribution in [2.24, 2.45) is 0 Å². The summed E-state index contributed by atoms with van der Waals surface area (Å²) in [6, 6.07) is 2.44. The Labute approximate surface area is 120 Å². The molecule has 0 radical (unpaired) electrons. The van der Waals surface area contributed by atoms with Crippen LogP contribution in [0.2, 0.25) is 0 Å². The highest BCUT2D eigenvalue weighted by Crippen LogP contribution is 2.11. The maximum atomic E-state index is 9.35. The Kier molecular flexibility index (Phi) is 10.9. The summed E-state index contributed by atoms with van der Waals surface area (Å²) < 4.78 is 0. The van der Waals surface area contributed by atoms with Crippen LogP contribution in [0.15, 0.2) is 0 Å². The van der Waals surface area contributed by atoms with Gasteiger partial charge in [-0.1, -0.05) is 33.6 Å². The Hall–Kier alpha value is -0.590. The molecule has 0 amide bonds. The van der Waals surface area contributed by atoms with E-state index in [1.54, 1.807) is 0 Å². The second kappa shape index (κ2) is 11.3. The maximum absolute atomic E-state index is 9.35. The molecule has 3 nitrogen and oxygen atoms in total. The van der Waals surface area contributed by atoms with Crippen LogP contribution >= 0.6 is 0 Å². The third-order valence-corrected chi connectivity index (χ3v) is 3.60. The van der Waals surface area contributed by atoms with Crippen LogP contribution in [-0.2, 0) is 0 Å². The molecule has 0 bridgehead atoms. The molecule has 0 aliphatic carbocycles. The summed E-state index contributed by atoms with van der Waals surface area (Å²) in [5.41, 5.74) is -0.368. The highest BCUT2D eigenvalue weighted by atomic mass is 15.1. The van der Waals surface area contributed by atoms with Gasteiger partial charge in [-0.25, -0.2) is 0 Å². The summed E-state index contributed by atoms with van der Waals surface area (Å²) in [6.07, 6.45) is 6.99. The zero-order valence-corrected chi connectivity index (χ0v) is 13.5. The van der Waals surface area contributed by atoms with Crippen molar-refractivity contribution in [2.75, 3.05) is 26.2 Å². The van der Waals surface area contributed by atoms with Crippen LogP contribution in [0, 0.1) is 11.3 Å². The van der Waals surface area contributed by atoms with Crippen LogP contribution in [0.4, 0.5) is 0 Å². The first-order valence-electron chi connectivity index (χ1n) is 8.00. The van der Waals surface area contributed by atoms with E-state index in [4.69, 9.17) is 0 Å². The van der Waals surface area contributed by atoms with Crippen molar-refractivity contribution in [3.63, 3.8) is 0 Å². The van der Waals surface area contributed by atoms with Gasteiger partial charge < -0.3 is 4.90 Å². The predicted molar refractivity (Wildman–Crippen MR) is 83.2 cm³/mol. The van der Waals surface area contributed by atoms with E-state index < -0.39 is 0 Å². The molecular weight excluding hydrogens is 234 g/mol. The first-order valence-corrected chi connectivity index (χ1v) is 8.00. The Morgan fingerprint density at radius 1 is 1.00 bits per heavy atom. The van der Waals surface area contributed by atoms with Gasteiger partial charge in [-0.05, 0) is 52.2 Å². The highest BCUT2D eigenvalue weighted by Gasteiger charge is 2.23. The summed E-state index contributed by atoms with van der Waals surface area (Å²) in [6.45, 7) is 12.9. The first-order chi connectivity index (χ1) is 9.11. The second-order valence-corrected chi connectivity index (χ2v) is 5.67. The van der Waals surface area contributed by atoms with Gasteiger partial charge in [-0.2, -0.15) is 5.26 Å². The quantitative estimate of drug-likeness (QED) is 0.587. The second-order valence-electron chi connectivity index (χ2n) is 5.67. The Morgan fingerprint density at radius 3 is 2.00 bits per heavy atom. The minimum Gasteiger partial charge on any atom is -0.303 e. The smallest absolute Gasteiger partial charge is 0.105 e. The van der Waals surface area contributed by atoms with E-state index in [9.17, 15) is 5.26 Å². The van der Waals surface area contributed by atoms with E-state index in [1.165, 1.54) is 38.8 Å². The van der Waals surface area contributed by atoms with Gasteiger partial charge in [0, 0.05) is 6.54 Å². The molecular formula is C16H33N3. The molecule has 0 aliphatic rings. The Morgan fingerprint density at radius 2 is 1.58 bits per heavy atom. The van der Waals surface area contributed by atoms with Crippen molar-refractivity contribution in [2.45, 2.75) is 71.8 Å². The third-order valence-electron chi connectivity index (χ3n) is 3.60. The molecule has 0 aromatic heterocycles. The van der Waals surface area contributed by atoms with Crippen molar-refractivity contribution in [1.82, 2.24) is 10.2 Å². The Balaban J connectivity index is 4.20. The van der Waals surface area contributed by atoms with Crippen molar-refractivity contribution in [1.29, 1.82) is 5.26 Å². The lowest BCUT2D eigenvalue weighted by molar-refractivity contribution is 0.238. The van der Waals surface area contributed by atoms with Crippen molar-refractivity contribution < 1.29 is 0 Å². The maximum Gasteiger partial charge on any atom is 0.105 e. The van der Waals surface area contributed by atoms with E-state index in [0.717, 1.165) is 25.9 Å². The molecule has 0 saturated carbocycles. The normalized spacial score (nSPS) is 14.3. The van der Waals surface area contributed by atoms with Gasteiger partial charge in [-0.15, -0.1) is 0 Å². The number of nitrogens with one attached hydrogen (secondary N) is 1. The predicted octanol–water partition coefficient (Wildman–Crippen LogP) is 3.56. The number of hydrogen-bond acceptors (Lipinski definition) is 3. The molecule has 0 aromatic rings. The summed E-state index contributed by atoms with van der Waals surface area (Å²) in [4.78, 5) is 2.52. The number of nitrogens with zero attached hydrogens (tertiary/aromatic N) is 2. The van der Waals surface area contributed by atoms with Crippen LogP contribution in [0.1, 0.15) is 66.2 Å². The number of rotatable bonds is 12. The van der Waals surface area contributed by atoms with Gasteiger partial charge in [0.25, 0.3) is 0 Å². The molecule has 0 rings (SSSR count). The van der Waals surface area contributed by atoms with Crippen molar-refractivity contribution in [3.8, 4) is 6.07 Å². The zero-order valence-electron chi connectivity index (χ0n) is 13.5. The highest BCUT2D eigenvalue weighted by molar-refractivity contribution is 5.03. The average molecular weight is 267 g/mol.